The van der Waals surface area contributed by atoms with Crippen LogP contribution in [-0.2, 0) is 16.2 Å². The van der Waals surface area contributed by atoms with Crippen molar-refractivity contribution in [2.24, 2.45) is 0 Å². The van der Waals surface area contributed by atoms with Gasteiger partial charge in [0.25, 0.3) is 11.8 Å². The SMILES string of the molecule is Cc1cccc(N2C(=O)NC(=O)/C(=C\c3ccc(OCc4cccc(F)c4)c(Cl)c3)C2=O)c1C. The summed E-state index contributed by atoms with van der Waals surface area (Å²) in [4.78, 5) is 39.0. The number of nitrogens with zero attached hydrogens (tertiary/aromatic N) is 1. The Labute approximate surface area is 200 Å². The first-order chi connectivity index (χ1) is 16.2. The van der Waals surface area contributed by atoms with Gasteiger partial charge in [0.15, 0.2) is 0 Å². The van der Waals surface area contributed by atoms with Gasteiger partial charge >= 0.3 is 6.03 Å². The summed E-state index contributed by atoms with van der Waals surface area (Å²) in [6, 6.07) is 15.2. The Hall–Kier alpha value is -3.97. The first kappa shape index (κ1) is 23.2. The standard InChI is InChI=1S/C26H20ClFN2O4/c1-15-5-3-8-22(16(15)2)30-25(32)20(24(31)29-26(30)33)12-17-9-10-23(21(27)13-17)34-14-18-6-4-7-19(28)11-18/h3-13H,14H2,1-2H3,(H,29,31,33)/b20-12+. The smallest absolute Gasteiger partial charge is 0.335 e. The van der Waals surface area contributed by atoms with Crippen LogP contribution in [0.5, 0.6) is 5.75 Å². The Balaban J connectivity index is 1.59. The van der Waals surface area contributed by atoms with Crippen molar-refractivity contribution in [2.45, 2.75) is 20.5 Å². The normalized spacial score (nSPS) is 15.0. The maximum atomic E-state index is 13.3. The number of halogens is 2. The molecular weight excluding hydrogens is 459 g/mol. The molecule has 0 aromatic heterocycles. The molecule has 3 aromatic carbocycles. The number of carbonyl (C=O) groups excluding carboxylic acids is 3. The van der Waals surface area contributed by atoms with Gasteiger partial charge in [-0.05, 0) is 72.5 Å². The number of hydrogen-bond acceptors (Lipinski definition) is 4. The van der Waals surface area contributed by atoms with Gasteiger partial charge in [0.2, 0.25) is 0 Å². The Bertz CT molecular complexity index is 1350. The van der Waals surface area contributed by atoms with E-state index in [2.05, 4.69) is 5.32 Å². The first-order valence-electron chi connectivity index (χ1n) is 10.4. The lowest BCUT2D eigenvalue weighted by Gasteiger charge is -2.28. The van der Waals surface area contributed by atoms with Gasteiger partial charge in [-0.25, -0.2) is 14.1 Å². The number of amides is 4. The van der Waals surface area contributed by atoms with Crippen LogP contribution in [0.4, 0.5) is 14.9 Å². The summed E-state index contributed by atoms with van der Waals surface area (Å²) in [5, 5.41) is 2.46. The number of carbonyl (C=O) groups is 3. The summed E-state index contributed by atoms with van der Waals surface area (Å²) in [6.07, 6.45) is 1.37. The van der Waals surface area contributed by atoms with E-state index < -0.39 is 17.8 Å². The van der Waals surface area contributed by atoms with E-state index in [-0.39, 0.29) is 23.0 Å². The number of hydrogen-bond donors (Lipinski definition) is 1. The number of anilines is 1. The van der Waals surface area contributed by atoms with Crippen LogP contribution < -0.4 is 15.0 Å². The van der Waals surface area contributed by atoms with Gasteiger partial charge in [-0.15, -0.1) is 0 Å². The summed E-state index contributed by atoms with van der Waals surface area (Å²) in [5.74, 6) is -1.53. The molecule has 1 N–H and O–H groups in total. The maximum absolute atomic E-state index is 13.3. The highest BCUT2D eigenvalue weighted by Gasteiger charge is 2.37. The van der Waals surface area contributed by atoms with E-state index in [1.807, 2.05) is 13.0 Å². The average molecular weight is 479 g/mol. The zero-order chi connectivity index (χ0) is 24.4. The van der Waals surface area contributed by atoms with E-state index in [4.69, 9.17) is 16.3 Å². The molecule has 0 saturated carbocycles. The zero-order valence-corrected chi connectivity index (χ0v) is 19.2. The maximum Gasteiger partial charge on any atom is 0.335 e. The van der Waals surface area contributed by atoms with Crippen LogP contribution in [0.2, 0.25) is 5.02 Å². The molecule has 0 unspecified atom stereocenters. The Morgan fingerprint density at radius 3 is 2.53 bits per heavy atom. The van der Waals surface area contributed by atoms with Crippen molar-refractivity contribution in [1.82, 2.24) is 5.32 Å². The summed E-state index contributed by atoms with van der Waals surface area (Å²) >= 11 is 6.32. The monoisotopic (exact) mass is 478 g/mol. The van der Waals surface area contributed by atoms with Crippen molar-refractivity contribution in [3.63, 3.8) is 0 Å². The second-order valence-corrected chi connectivity index (χ2v) is 8.19. The van der Waals surface area contributed by atoms with E-state index in [0.717, 1.165) is 16.0 Å². The number of imide groups is 2. The summed E-state index contributed by atoms with van der Waals surface area (Å²) in [5.41, 5.74) is 2.97. The van der Waals surface area contributed by atoms with Crippen LogP contribution in [0.3, 0.4) is 0 Å². The summed E-state index contributed by atoms with van der Waals surface area (Å²) < 4.78 is 19.0. The molecule has 4 rings (SSSR count). The summed E-state index contributed by atoms with van der Waals surface area (Å²) in [7, 11) is 0. The molecule has 34 heavy (non-hydrogen) atoms. The average Bonchev–Trinajstić information content (AvgIpc) is 2.79. The van der Waals surface area contributed by atoms with E-state index >= 15 is 0 Å². The highest BCUT2D eigenvalue weighted by Crippen LogP contribution is 2.30. The largest absolute Gasteiger partial charge is 0.487 e. The van der Waals surface area contributed by atoms with Crippen LogP contribution in [-0.4, -0.2) is 17.8 Å². The van der Waals surface area contributed by atoms with Gasteiger partial charge in [-0.3, -0.25) is 14.9 Å². The van der Waals surface area contributed by atoms with Crippen LogP contribution in [0, 0.1) is 19.7 Å². The number of urea groups is 1. The number of benzene rings is 3. The van der Waals surface area contributed by atoms with E-state index in [9.17, 15) is 18.8 Å². The predicted molar refractivity (Wildman–Crippen MR) is 127 cm³/mol. The molecule has 1 aliphatic rings. The second kappa shape index (κ2) is 9.49. The molecule has 0 bridgehead atoms. The Kier molecular flexibility index (Phi) is 6.47. The number of ether oxygens (including phenoxy) is 1. The van der Waals surface area contributed by atoms with Crippen LogP contribution in [0.1, 0.15) is 22.3 Å². The lowest BCUT2D eigenvalue weighted by atomic mass is 10.0. The quantitative estimate of drug-likeness (QED) is 0.396. The molecule has 6 nitrogen and oxygen atoms in total. The molecule has 1 aliphatic heterocycles. The number of barbiturate groups is 1. The molecule has 172 valence electrons. The van der Waals surface area contributed by atoms with Gasteiger partial charge in [0.1, 0.15) is 23.7 Å². The molecule has 0 spiro atoms. The molecule has 8 heteroatoms. The highest BCUT2D eigenvalue weighted by molar-refractivity contribution is 6.39. The minimum atomic E-state index is -0.806. The zero-order valence-electron chi connectivity index (χ0n) is 18.4. The minimum Gasteiger partial charge on any atom is -0.487 e. The first-order valence-corrected chi connectivity index (χ1v) is 10.8. The van der Waals surface area contributed by atoms with Crippen molar-refractivity contribution in [3.05, 3.63) is 99.3 Å². The molecule has 1 saturated heterocycles. The van der Waals surface area contributed by atoms with Crippen molar-refractivity contribution in [2.75, 3.05) is 4.90 Å². The van der Waals surface area contributed by atoms with Gasteiger partial charge in [0, 0.05) is 0 Å². The van der Waals surface area contributed by atoms with Crippen LogP contribution in [0.25, 0.3) is 6.08 Å². The third-order valence-corrected chi connectivity index (χ3v) is 5.76. The Morgan fingerprint density at radius 2 is 1.79 bits per heavy atom. The molecular formula is C26H20ClFN2O4. The number of rotatable bonds is 5. The second-order valence-electron chi connectivity index (χ2n) is 7.79. The fourth-order valence-corrected chi connectivity index (χ4v) is 3.78. The van der Waals surface area contributed by atoms with Crippen molar-refractivity contribution < 1.29 is 23.5 Å². The molecule has 0 aliphatic carbocycles. The molecule has 0 radical (unpaired) electrons. The van der Waals surface area contributed by atoms with Crippen molar-refractivity contribution in [1.29, 1.82) is 0 Å². The third-order valence-electron chi connectivity index (χ3n) is 5.47. The predicted octanol–water partition coefficient (Wildman–Crippen LogP) is 5.34. The topological polar surface area (TPSA) is 75.7 Å². The molecule has 1 fully saturated rings. The van der Waals surface area contributed by atoms with Gasteiger partial charge < -0.3 is 4.74 Å². The van der Waals surface area contributed by atoms with E-state index in [1.54, 1.807) is 43.3 Å². The van der Waals surface area contributed by atoms with Crippen molar-refractivity contribution in [3.8, 4) is 5.75 Å². The molecule has 0 atom stereocenters. The van der Waals surface area contributed by atoms with Gasteiger partial charge in [0.05, 0.1) is 10.7 Å². The fraction of sp³-hybridized carbons (Fsp3) is 0.115. The number of nitrogens with one attached hydrogen (secondary N) is 1. The summed E-state index contributed by atoms with van der Waals surface area (Å²) in [6.45, 7) is 3.78. The lowest BCUT2D eigenvalue weighted by Crippen LogP contribution is -2.54. The highest BCUT2D eigenvalue weighted by atomic mass is 35.5. The Morgan fingerprint density at radius 1 is 1.03 bits per heavy atom. The molecule has 4 amide bonds. The van der Waals surface area contributed by atoms with Gasteiger partial charge in [-0.1, -0.05) is 41.9 Å². The number of aryl methyl sites for hydroxylation is 1. The van der Waals surface area contributed by atoms with Crippen LogP contribution in [0.15, 0.2) is 66.2 Å². The van der Waals surface area contributed by atoms with E-state index in [1.165, 1.54) is 24.3 Å². The third kappa shape index (κ3) is 4.70. The van der Waals surface area contributed by atoms with Crippen LogP contribution >= 0.6 is 11.6 Å². The molecule has 3 aromatic rings. The lowest BCUT2D eigenvalue weighted by molar-refractivity contribution is -0.122. The van der Waals surface area contributed by atoms with E-state index in [0.29, 0.717) is 22.6 Å². The van der Waals surface area contributed by atoms with Crippen molar-refractivity contribution >= 4 is 41.2 Å². The fourth-order valence-electron chi connectivity index (χ4n) is 3.53. The van der Waals surface area contributed by atoms with Gasteiger partial charge in [-0.2, -0.15) is 0 Å². The molecule has 1 heterocycles. The minimum absolute atomic E-state index is 0.117.